The van der Waals surface area contributed by atoms with Crippen LogP contribution in [0.2, 0.25) is 10.0 Å². The Morgan fingerprint density at radius 3 is 2.67 bits per heavy atom. The molecule has 3 aromatic rings. The molecule has 1 aromatic carbocycles. The molecular weight excluding hydrogens is 395 g/mol. The van der Waals surface area contributed by atoms with Gasteiger partial charge in [0.2, 0.25) is 5.95 Å². The van der Waals surface area contributed by atoms with Crippen molar-refractivity contribution >= 4 is 51.8 Å². The van der Waals surface area contributed by atoms with Gasteiger partial charge in [-0.05, 0) is 18.2 Å². The van der Waals surface area contributed by atoms with Crippen LogP contribution in [-0.4, -0.2) is 48.5 Å². The second-order valence-electron chi connectivity index (χ2n) is 6.15. The Balaban J connectivity index is 1.70. The Kier molecular flexibility index (Phi) is 4.79. The number of fused-ring (bicyclic) bond motifs is 1. The van der Waals surface area contributed by atoms with Gasteiger partial charge in [-0.25, -0.2) is 4.98 Å². The van der Waals surface area contributed by atoms with Gasteiger partial charge in [0.1, 0.15) is 17.8 Å². The summed E-state index contributed by atoms with van der Waals surface area (Å²) in [5.74, 6) is 0.420. The second kappa shape index (κ2) is 7.10. The molecule has 142 valence electrons. The number of nitrogens with two attached hydrogens (primary N) is 1. The topological polar surface area (TPSA) is 131 Å². The number of nitrogens with zero attached hydrogens (tertiary/aromatic N) is 4. The first-order valence-corrected chi connectivity index (χ1v) is 8.87. The van der Waals surface area contributed by atoms with Gasteiger partial charge in [0.15, 0.2) is 11.5 Å². The Morgan fingerprint density at radius 2 is 2.00 bits per heavy atom. The van der Waals surface area contributed by atoms with Crippen molar-refractivity contribution in [2.75, 3.05) is 17.7 Å². The van der Waals surface area contributed by atoms with Crippen LogP contribution in [0, 0.1) is 0 Å². The molecule has 9 nitrogen and oxygen atoms in total. The van der Waals surface area contributed by atoms with Gasteiger partial charge in [0.05, 0.1) is 19.0 Å². The van der Waals surface area contributed by atoms with Crippen LogP contribution in [0.1, 0.15) is 12.6 Å². The largest absolute Gasteiger partial charge is 0.394 e. The Labute approximate surface area is 163 Å². The van der Waals surface area contributed by atoms with Crippen LogP contribution >= 0.6 is 23.2 Å². The maximum absolute atomic E-state index is 9.97. The molecule has 0 spiro atoms. The SMILES string of the molecule is Nc1nc(Nc2cc(Cl)cc(Cl)c2)nc2c1ncn2C1CC(O)C(CO)O1. The summed E-state index contributed by atoms with van der Waals surface area (Å²) in [4.78, 5) is 12.9. The number of aromatic nitrogens is 4. The van der Waals surface area contributed by atoms with Crippen molar-refractivity contribution in [3.63, 3.8) is 0 Å². The summed E-state index contributed by atoms with van der Waals surface area (Å²) in [6.45, 7) is -0.274. The van der Waals surface area contributed by atoms with Gasteiger partial charge in [-0.15, -0.1) is 0 Å². The Morgan fingerprint density at radius 1 is 1.26 bits per heavy atom. The second-order valence-corrected chi connectivity index (χ2v) is 7.03. The zero-order valence-electron chi connectivity index (χ0n) is 13.9. The van der Waals surface area contributed by atoms with Crippen LogP contribution in [0.3, 0.4) is 0 Å². The van der Waals surface area contributed by atoms with Gasteiger partial charge >= 0.3 is 0 Å². The predicted molar refractivity (Wildman–Crippen MR) is 101 cm³/mol. The Hall–Kier alpha value is -2.17. The highest BCUT2D eigenvalue weighted by molar-refractivity contribution is 6.35. The molecule has 1 aliphatic heterocycles. The number of aliphatic hydroxyl groups excluding tert-OH is 2. The summed E-state index contributed by atoms with van der Waals surface area (Å²) >= 11 is 12.0. The molecule has 0 aliphatic carbocycles. The number of nitrogen functional groups attached to an aromatic ring is 1. The number of halogens is 2. The predicted octanol–water partition coefficient (Wildman–Crippen LogP) is 2.10. The monoisotopic (exact) mass is 410 g/mol. The molecule has 0 radical (unpaired) electrons. The fourth-order valence-corrected chi connectivity index (χ4v) is 3.54. The first-order chi connectivity index (χ1) is 12.9. The summed E-state index contributed by atoms with van der Waals surface area (Å²) < 4.78 is 7.33. The van der Waals surface area contributed by atoms with Gasteiger partial charge in [-0.3, -0.25) is 4.57 Å². The van der Waals surface area contributed by atoms with E-state index in [1.54, 1.807) is 22.8 Å². The van der Waals surface area contributed by atoms with E-state index in [0.717, 1.165) is 0 Å². The lowest BCUT2D eigenvalue weighted by Gasteiger charge is -2.14. The van der Waals surface area contributed by atoms with Crippen molar-refractivity contribution < 1.29 is 14.9 Å². The lowest BCUT2D eigenvalue weighted by Crippen LogP contribution is -2.24. The maximum atomic E-state index is 9.97. The molecule has 1 aliphatic rings. The minimum absolute atomic E-state index is 0.187. The third-order valence-corrected chi connectivity index (χ3v) is 4.70. The third-order valence-electron chi connectivity index (χ3n) is 4.26. The molecule has 11 heteroatoms. The van der Waals surface area contributed by atoms with E-state index in [1.807, 2.05) is 0 Å². The van der Waals surface area contributed by atoms with E-state index in [1.165, 1.54) is 6.33 Å². The van der Waals surface area contributed by atoms with Crippen molar-refractivity contribution in [1.82, 2.24) is 19.5 Å². The molecule has 0 bridgehead atoms. The number of hydrogen-bond acceptors (Lipinski definition) is 8. The minimum atomic E-state index is -0.775. The number of hydrogen-bond donors (Lipinski definition) is 4. The molecule has 0 amide bonds. The van der Waals surface area contributed by atoms with Crippen molar-refractivity contribution in [2.24, 2.45) is 0 Å². The van der Waals surface area contributed by atoms with E-state index < -0.39 is 18.4 Å². The fourth-order valence-electron chi connectivity index (χ4n) is 3.01. The number of nitrogens with one attached hydrogen (secondary N) is 1. The normalized spacial score (nSPS) is 22.4. The molecule has 3 heterocycles. The molecule has 4 rings (SSSR count). The quantitative estimate of drug-likeness (QED) is 0.513. The first-order valence-electron chi connectivity index (χ1n) is 8.12. The Bertz CT molecular complexity index is 977. The molecule has 27 heavy (non-hydrogen) atoms. The molecule has 3 unspecified atom stereocenters. The standard InChI is InChI=1S/C16H16Cl2N6O3/c17-7-1-8(18)3-9(2-7)21-16-22-14(19)13-15(23-16)24(6-20-13)12-4-10(26)11(5-25)27-12/h1-3,6,10-12,25-26H,4-5H2,(H3,19,21,22,23). The number of imidazole rings is 1. The van der Waals surface area contributed by atoms with Crippen LogP contribution in [0.5, 0.6) is 0 Å². The van der Waals surface area contributed by atoms with Crippen LogP contribution in [0.15, 0.2) is 24.5 Å². The van der Waals surface area contributed by atoms with Crippen molar-refractivity contribution in [3.05, 3.63) is 34.6 Å². The third kappa shape index (κ3) is 3.52. The zero-order chi connectivity index (χ0) is 19.1. The van der Waals surface area contributed by atoms with Crippen molar-refractivity contribution in [2.45, 2.75) is 24.9 Å². The van der Waals surface area contributed by atoms with E-state index in [0.29, 0.717) is 33.3 Å². The highest BCUT2D eigenvalue weighted by Crippen LogP contribution is 2.32. The highest BCUT2D eigenvalue weighted by Gasteiger charge is 2.35. The van der Waals surface area contributed by atoms with Crippen molar-refractivity contribution in [3.8, 4) is 0 Å². The van der Waals surface area contributed by atoms with Crippen LogP contribution in [0.4, 0.5) is 17.5 Å². The molecule has 0 saturated carbocycles. The first kappa shape index (κ1) is 18.2. The summed E-state index contributed by atoms with van der Waals surface area (Å²) in [5.41, 5.74) is 7.47. The molecule has 1 fully saturated rings. The number of rotatable bonds is 4. The summed E-state index contributed by atoms with van der Waals surface area (Å²) in [6.07, 6.45) is -0.134. The van der Waals surface area contributed by atoms with E-state index in [2.05, 4.69) is 20.3 Å². The molecule has 1 saturated heterocycles. The molecule has 3 atom stereocenters. The van der Waals surface area contributed by atoms with Gasteiger partial charge in [-0.2, -0.15) is 9.97 Å². The minimum Gasteiger partial charge on any atom is -0.394 e. The molecule has 5 N–H and O–H groups in total. The smallest absolute Gasteiger partial charge is 0.231 e. The van der Waals surface area contributed by atoms with Crippen LogP contribution in [-0.2, 0) is 4.74 Å². The van der Waals surface area contributed by atoms with Crippen molar-refractivity contribution in [1.29, 1.82) is 0 Å². The number of benzene rings is 1. The number of anilines is 3. The zero-order valence-corrected chi connectivity index (χ0v) is 15.4. The maximum Gasteiger partial charge on any atom is 0.231 e. The summed E-state index contributed by atoms with van der Waals surface area (Å²) in [7, 11) is 0. The van der Waals surface area contributed by atoms with Gasteiger partial charge in [0, 0.05) is 22.2 Å². The summed E-state index contributed by atoms with van der Waals surface area (Å²) in [5, 5.41) is 23.2. The van der Waals surface area contributed by atoms with Crippen LogP contribution < -0.4 is 11.1 Å². The summed E-state index contributed by atoms with van der Waals surface area (Å²) in [6, 6.07) is 4.97. The average Bonchev–Trinajstić information content (AvgIpc) is 3.17. The van der Waals surface area contributed by atoms with Crippen LogP contribution in [0.25, 0.3) is 11.2 Å². The lowest BCUT2D eigenvalue weighted by atomic mass is 10.2. The van der Waals surface area contributed by atoms with Gasteiger partial charge < -0.3 is 26.0 Å². The number of ether oxygens (including phenoxy) is 1. The van der Waals surface area contributed by atoms with E-state index >= 15 is 0 Å². The average molecular weight is 411 g/mol. The van der Waals surface area contributed by atoms with Gasteiger partial charge in [-0.1, -0.05) is 23.2 Å². The number of aliphatic hydroxyl groups is 2. The molecule has 2 aromatic heterocycles. The highest BCUT2D eigenvalue weighted by atomic mass is 35.5. The molecular formula is C16H16Cl2N6O3. The lowest BCUT2D eigenvalue weighted by molar-refractivity contribution is -0.0432. The van der Waals surface area contributed by atoms with E-state index in [-0.39, 0.29) is 18.4 Å². The van der Waals surface area contributed by atoms with Gasteiger partial charge in [0.25, 0.3) is 0 Å². The van der Waals surface area contributed by atoms with E-state index in [4.69, 9.17) is 33.7 Å². The fraction of sp³-hybridized carbons (Fsp3) is 0.312. The van der Waals surface area contributed by atoms with E-state index in [9.17, 15) is 10.2 Å².